The first kappa shape index (κ1) is 23.3. The molecule has 1 N–H and O–H groups in total. The molecule has 1 saturated heterocycles. The number of aryl methyl sites for hydroxylation is 2. The molecule has 1 fully saturated rings. The Morgan fingerprint density at radius 2 is 1.72 bits per heavy atom. The highest BCUT2D eigenvalue weighted by Crippen LogP contribution is 2.28. The van der Waals surface area contributed by atoms with Crippen LogP contribution < -0.4 is 5.32 Å². The van der Waals surface area contributed by atoms with Crippen LogP contribution in [0.4, 0.5) is 0 Å². The van der Waals surface area contributed by atoms with E-state index in [4.69, 9.17) is 11.6 Å². The summed E-state index contributed by atoms with van der Waals surface area (Å²) in [6, 6.07) is 12.9. The number of fused-ring (bicyclic) bond motifs is 1. The molecule has 5 nitrogen and oxygen atoms in total. The molecule has 1 heterocycles. The van der Waals surface area contributed by atoms with Gasteiger partial charge in [0.1, 0.15) is 0 Å². The molecule has 0 spiro atoms. The van der Waals surface area contributed by atoms with Gasteiger partial charge in [-0.2, -0.15) is 4.31 Å². The number of nitrogens with one attached hydrogen (secondary N) is 1. The Balaban J connectivity index is 1.37. The summed E-state index contributed by atoms with van der Waals surface area (Å²) in [6.45, 7) is 2.78. The zero-order valence-electron chi connectivity index (χ0n) is 18.5. The van der Waals surface area contributed by atoms with Crippen molar-refractivity contribution >= 4 is 27.5 Å². The van der Waals surface area contributed by atoms with Crippen LogP contribution in [0.1, 0.15) is 61.8 Å². The van der Waals surface area contributed by atoms with Gasteiger partial charge >= 0.3 is 0 Å². The number of benzene rings is 2. The monoisotopic (exact) mass is 474 g/mol. The van der Waals surface area contributed by atoms with E-state index in [1.807, 2.05) is 0 Å². The van der Waals surface area contributed by atoms with Gasteiger partial charge in [-0.05, 0) is 85.9 Å². The molecule has 32 heavy (non-hydrogen) atoms. The zero-order valence-corrected chi connectivity index (χ0v) is 20.1. The van der Waals surface area contributed by atoms with Gasteiger partial charge in [0.2, 0.25) is 15.9 Å². The van der Waals surface area contributed by atoms with Crippen LogP contribution in [0.2, 0.25) is 5.02 Å². The molecule has 0 saturated carbocycles. The third-order valence-corrected chi connectivity index (χ3v) is 8.94. The molecule has 4 rings (SSSR count). The van der Waals surface area contributed by atoms with Gasteiger partial charge in [0.05, 0.1) is 10.9 Å². The van der Waals surface area contributed by atoms with Crippen LogP contribution in [0, 0.1) is 5.92 Å². The Morgan fingerprint density at radius 3 is 2.38 bits per heavy atom. The smallest absolute Gasteiger partial charge is 0.243 e. The molecule has 1 atom stereocenters. The summed E-state index contributed by atoms with van der Waals surface area (Å²) >= 11 is 5.88. The number of nitrogens with zero attached hydrogens (tertiary/aromatic N) is 1. The van der Waals surface area contributed by atoms with Crippen molar-refractivity contribution in [1.29, 1.82) is 0 Å². The molecular weight excluding hydrogens is 444 g/mol. The maximum absolute atomic E-state index is 13.0. The van der Waals surface area contributed by atoms with Gasteiger partial charge in [-0.15, -0.1) is 0 Å². The van der Waals surface area contributed by atoms with E-state index in [1.54, 1.807) is 12.1 Å². The van der Waals surface area contributed by atoms with Crippen LogP contribution in [-0.2, 0) is 27.7 Å². The third kappa shape index (κ3) is 5.03. The predicted molar refractivity (Wildman–Crippen MR) is 127 cm³/mol. The predicted octanol–water partition coefficient (Wildman–Crippen LogP) is 4.89. The maximum Gasteiger partial charge on any atom is 0.243 e. The minimum atomic E-state index is -3.56. The molecular formula is C25H31ClN2O3S. The van der Waals surface area contributed by atoms with Crippen molar-refractivity contribution in [2.45, 2.75) is 62.8 Å². The summed E-state index contributed by atoms with van der Waals surface area (Å²) in [5.41, 5.74) is 4.03. The van der Waals surface area contributed by atoms with Crippen molar-refractivity contribution in [3.63, 3.8) is 0 Å². The van der Waals surface area contributed by atoms with Crippen molar-refractivity contribution in [2.24, 2.45) is 5.92 Å². The average molecular weight is 475 g/mol. The second-order valence-electron chi connectivity index (χ2n) is 8.84. The van der Waals surface area contributed by atoms with Gasteiger partial charge in [0.15, 0.2) is 0 Å². The van der Waals surface area contributed by atoms with Crippen molar-refractivity contribution in [3.05, 3.63) is 64.2 Å². The van der Waals surface area contributed by atoms with Gasteiger partial charge in [-0.3, -0.25) is 4.79 Å². The standard InChI is InChI=1S/C25H31ClN2O3S/c1-2-24(21-8-7-18-5-3-4-6-20(18)17-21)27-25(29)19-13-15-28(16-14-19)32(30,31)23-11-9-22(26)10-12-23/h7-12,17,19,24H,2-6,13-16H2,1H3,(H,27,29). The lowest BCUT2D eigenvalue weighted by Gasteiger charge is -2.31. The number of piperidine rings is 1. The van der Waals surface area contributed by atoms with Crippen LogP contribution in [0.5, 0.6) is 0 Å². The van der Waals surface area contributed by atoms with Crippen molar-refractivity contribution in [3.8, 4) is 0 Å². The van der Waals surface area contributed by atoms with Gasteiger partial charge in [0.25, 0.3) is 0 Å². The highest BCUT2D eigenvalue weighted by Gasteiger charge is 2.32. The zero-order chi connectivity index (χ0) is 22.7. The first-order valence-electron chi connectivity index (χ1n) is 11.6. The fraction of sp³-hybridized carbons (Fsp3) is 0.480. The molecule has 2 aromatic rings. The van der Waals surface area contributed by atoms with E-state index in [9.17, 15) is 13.2 Å². The summed E-state index contributed by atoms with van der Waals surface area (Å²) in [4.78, 5) is 13.2. The average Bonchev–Trinajstić information content (AvgIpc) is 2.82. The van der Waals surface area contributed by atoms with Crippen LogP contribution in [0.25, 0.3) is 0 Å². The molecule has 2 aromatic carbocycles. The van der Waals surface area contributed by atoms with E-state index in [-0.39, 0.29) is 22.8 Å². The van der Waals surface area contributed by atoms with Crippen LogP contribution in [-0.4, -0.2) is 31.7 Å². The number of rotatable bonds is 6. The quantitative estimate of drug-likeness (QED) is 0.648. The number of amides is 1. The largest absolute Gasteiger partial charge is 0.349 e. The number of carbonyl (C=O) groups is 1. The van der Waals surface area contributed by atoms with E-state index in [1.165, 1.54) is 46.0 Å². The topological polar surface area (TPSA) is 66.5 Å². The van der Waals surface area contributed by atoms with Gasteiger partial charge < -0.3 is 5.32 Å². The lowest BCUT2D eigenvalue weighted by atomic mass is 9.88. The normalized spacial score (nSPS) is 18.7. The van der Waals surface area contributed by atoms with Crippen LogP contribution in [0.3, 0.4) is 0 Å². The Bertz CT molecular complexity index is 1060. The first-order valence-corrected chi connectivity index (χ1v) is 13.4. The minimum Gasteiger partial charge on any atom is -0.349 e. The second-order valence-corrected chi connectivity index (χ2v) is 11.2. The Hall–Kier alpha value is -1.89. The number of sulfonamides is 1. The molecule has 172 valence electrons. The number of halogens is 1. The van der Waals surface area contributed by atoms with E-state index in [0.29, 0.717) is 31.0 Å². The molecule has 7 heteroatoms. The van der Waals surface area contributed by atoms with Crippen molar-refractivity contribution < 1.29 is 13.2 Å². The second kappa shape index (κ2) is 9.94. The van der Waals surface area contributed by atoms with Crippen molar-refractivity contribution in [1.82, 2.24) is 9.62 Å². The fourth-order valence-electron chi connectivity index (χ4n) is 4.79. The maximum atomic E-state index is 13.0. The van der Waals surface area contributed by atoms with Crippen LogP contribution in [0.15, 0.2) is 47.4 Å². The van der Waals surface area contributed by atoms with Gasteiger partial charge in [-0.25, -0.2) is 8.42 Å². The number of carbonyl (C=O) groups excluding carboxylic acids is 1. The molecule has 0 bridgehead atoms. The summed E-state index contributed by atoms with van der Waals surface area (Å²) in [7, 11) is -3.56. The lowest BCUT2D eigenvalue weighted by Crippen LogP contribution is -2.43. The summed E-state index contributed by atoms with van der Waals surface area (Å²) in [5.74, 6) is -0.142. The summed E-state index contributed by atoms with van der Waals surface area (Å²) in [5, 5.41) is 3.73. The van der Waals surface area contributed by atoms with E-state index < -0.39 is 10.0 Å². The number of hydrogen-bond acceptors (Lipinski definition) is 3. The molecule has 1 aliphatic heterocycles. The fourth-order valence-corrected chi connectivity index (χ4v) is 6.39. The first-order chi connectivity index (χ1) is 15.4. The Morgan fingerprint density at radius 1 is 1.06 bits per heavy atom. The number of hydrogen-bond donors (Lipinski definition) is 1. The molecule has 2 aliphatic rings. The summed E-state index contributed by atoms with van der Waals surface area (Å²) in [6.07, 6.45) is 6.64. The van der Waals surface area contributed by atoms with Crippen molar-refractivity contribution in [2.75, 3.05) is 13.1 Å². The molecule has 0 radical (unpaired) electrons. The van der Waals surface area contributed by atoms with Crippen LogP contribution >= 0.6 is 11.6 Å². The Labute approximate surface area is 196 Å². The summed E-state index contributed by atoms with van der Waals surface area (Å²) < 4.78 is 27.2. The molecule has 1 unspecified atom stereocenters. The molecule has 0 aromatic heterocycles. The van der Waals surface area contributed by atoms with E-state index in [2.05, 4.69) is 30.4 Å². The molecule has 1 amide bonds. The third-order valence-electron chi connectivity index (χ3n) is 6.78. The van der Waals surface area contributed by atoms with E-state index >= 15 is 0 Å². The van der Waals surface area contributed by atoms with Gasteiger partial charge in [-0.1, -0.05) is 36.7 Å². The van der Waals surface area contributed by atoms with Gasteiger partial charge in [0, 0.05) is 24.0 Å². The Kier molecular flexibility index (Phi) is 7.23. The van der Waals surface area contributed by atoms with E-state index in [0.717, 1.165) is 19.3 Å². The highest BCUT2D eigenvalue weighted by molar-refractivity contribution is 7.89. The minimum absolute atomic E-state index is 0.00874. The SMILES string of the molecule is CCC(NC(=O)C1CCN(S(=O)(=O)c2ccc(Cl)cc2)CC1)c1ccc2c(c1)CCCC2. The molecule has 1 aliphatic carbocycles. The lowest BCUT2D eigenvalue weighted by molar-refractivity contribution is -0.126. The highest BCUT2D eigenvalue weighted by atomic mass is 35.5.